The topological polar surface area (TPSA) is 36.1 Å². The zero-order chi connectivity index (χ0) is 15.3. The van der Waals surface area contributed by atoms with Crippen LogP contribution in [-0.4, -0.2) is 28.3 Å². The first-order valence-electron chi connectivity index (χ1n) is 8.59. The second-order valence-corrected chi connectivity index (χ2v) is 9.31. The smallest absolute Gasteiger partial charge is 0.166 e. The van der Waals surface area contributed by atoms with Gasteiger partial charge in [-0.3, -0.25) is 0 Å². The molecular weight excluding hydrogens is 278 g/mol. The summed E-state index contributed by atoms with van der Waals surface area (Å²) in [6.45, 7) is 9.15. The summed E-state index contributed by atoms with van der Waals surface area (Å²) in [7, 11) is 0. The average Bonchev–Trinajstić information content (AvgIpc) is 2.85. The lowest BCUT2D eigenvalue weighted by Crippen LogP contribution is -2.63. The van der Waals surface area contributed by atoms with E-state index in [1.807, 2.05) is 0 Å². The molecule has 0 spiro atoms. The molecule has 0 aromatic heterocycles. The van der Waals surface area contributed by atoms with Crippen molar-refractivity contribution in [3.8, 4) is 0 Å². The van der Waals surface area contributed by atoms with Gasteiger partial charge in [0.1, 0.15) is 0 Å². The normalized spacial score (nSPS) is 37.4. The van der Waals surface area contributed by atoms with Crippen LogP contribution >= 0.6 is 12.2 Å². The predicted octanol–water partition coefficient (Wildman–Crippen LogP) is 2.95. The fourth-order valence-corrected chi connectivity index (χ4v) is 5.56. The van der Waals surface area contributed by atoms with Crippen molar-refractivity contribution >= 4 is 17.3 Å². The van der Waals surface area contributed by atoms with Crippen LogP contribution in [0, 0.1) is 11.8 Å². The lowest BCUT2D eigenvalue weighted by atomic mass is 9.80. The van der Waals surface area contributed by atoms with E-state index in [1.54, 1.807) is 0 Å². The molecule has 120 valence electrons. The van der Waals surface area contributed by atoms with Crippen molar-refractivity contribution in [2.24, 2.45) is 11.8 Å². The van der Waals surface area contributed by atoms with Crippen LogP contribution in [0.2, 0.25) is 0 Å². The first kappa shape index (κ1) is 15.5. The molecule has 0 amide bonds. The van der Waals surface area contributed by atoms with E-state index >= 15 is 0 Å². The summed E-state index contributed by atoms with van der Waals surface area (Å²) in [5.74, 6) is 1.84. The molecule has 3 nitrogen and oxygen atoms in total. The molecular formula is C17H31N3S. The zero-order valence-electron chi connectivity index (χ0n) is 14.0. The van der Waals surface area contributed by atoms with Crippen molar-refractivity contribution in [1.82, 2.24) is 16.0 Å². The lowest BCUT2D eigenvalue weighted by molar-refractivity contribution is 0.155. The standard InChI is InChI=1S/C17H31N3S/c1-16(2)9-13(10-17(3,4)20-16)18-15(21)19-14-8-11-5-6-12(14)7-11/h11-14,20H,5-10H2,1-4H3,(H2,18,19,21)/t11-,12-,14+/m1/s1. The summed E-state index contributed by atoms with van der Waals surface area (Å²) in [6, 6.07) is 1.10. The van der Waals surface area contributed by atoms with Gasteiger partial charge in [-0.05, 0) is 83.9 Å². The van der Waals surface area contributed by atoms with Crippen LogP contribution in [-0.2, 0) is 0 Å². The highest BCUT2D eigenvalue weighted by atomic mass is 32.1. The Hall–Kier alpha value is -0.350. The first-order valence-corrected chi connectivity index (χ1v) is 9.00. The molecule has 1 heterocycles. The van der Waals surface area contributed by atoms with Gasteiger partial charge in [-0.1, -0.05) is 6.42 Å². The van der Waals surface area contributed by atoms with Crippen molar-refractivity contribution in [1.29, 1.82) is 0 Å². The summed E-state index contributed by atoms with van der Waals surface area (Å²) >= 11 is 5.59. The molecule has 0 aromatic rings. The van der Waals surface area contributed by atoms with Gasteiger partial charge in [0.2, 0.25) is 0 Å². The van der Waals surface area contributed by atoms with Crippen LogP contribution in [0.5, 0.6) is 0 Å². The number of hydrogen-bond acceptors (Lipinski definition) is 2. The minimum atomic E-state index is 0.168. The summed E-state index contributed by atoms with van der Waals surface area (Å²) in [5.41, 5.74) is 0.336. The van der Waals surface area contributed by atoms with E-state index in [0.717, 1.165) is 29.8 Å². The summed E-state index contributed by atoms with van der Waals surface area (Å²) in [5, 5.41) is 11.8. The summed E-state index contributed by atoms with van der Waals surface area (Å²) in [6.07, 6.45) is 7.84. The highest BCUT2D eigenvalue weighted by Crippen LogP contribution is 2.44. The maximum absolute atomic E-state index is 5.59. The van der Waals surface area contributed by atoms with Crippen molar-refractivity contribution in [3.63, 3.8) is 0 Å². The van der Waals surface area contributed by atoms with E-state index in [1.165, 1.54) is 25.7 Å². The van der Waals surface area contributed by atoms with Crippen LogP contribution < -0.4 is 16.0 Å². The monoisotopic (exact) mass is 309 g/mol. The Balaban J connectivity index is 1.52. The Bertz CT molecular complexity index is 402. The van der Waals surface area contributed by atoms with Gasteiger partial charge in [-0.15, -0.1) is 0 Å². The highest BCUT2D eigenvalue weighted by Gasteiger charge is 2.41. The van der Waals surface area contributed by atoms with Crippen LogP contribution in [0.15, 0.2) is 0 Å². The number of fused-ring (bicyclic) bond motifs is 2. The molecule has 1 aliphatic heterocycles. The molecule has 3 atom stereocenters. The number of nitrogens with one attached hydrogen (secondary N) is 3. The minimum absolute atomic E-state index is 0.168. The van der Waals surface area contributed by atoms with Crippen LogP contribution in [0.1, 0.15) is 66.2 Å². The molecule has 21 heavy (non-hydrogen) atoms. The van der Waals surface area contributed by atoms with E-state index in [4.69, 9.17) is 12.2 Å². The van der Waals surface area contributed by atoms with Gasteiger partial charge in [0.05, 0.1) is 0 Å². The number of piperidine rings is 1. The molecule has 4 heteroatoms. The Morgan fingerprint density at radius 3 is 2.19 bits per heavy atom. The lowest BCUT2D eigenvalue weighted by Gasteiger charge is -2.47. The molecule has 2 saturated carbocycles. The zero-order valence-corrected chi connectivity index (χ0v) is 14.8. The van der Waals surface area contributed by atoms with Crippen molar-refractivity contribution in [2.75, 3.05) is 0 Å². The minimum Gasteiger partial charge on any atom is -0.360 e. The van der Waals surface area contributed by atoms with E-state index in [0.29, 0.717) is 12.1 Å². The predicted molar refractivity (Wildman–Crippen MR) is 92.4 cm³/mol. The van der Waals surface area contributed by atoms with Gasteiger partial charge in [-0.2, -0.15) is 0 Å². The molecule has 3 N–H and O–H groups in total. The second kappa shape index (κ2) is 5.38. The summed E-state index contributed by atoms with van der Waals surface area (Å²) < 4.78 is 0. The van der Waals surface area contributed by atoms with Gasteiger partial charge >= 0.3 is 0 Å². The van der Waals surface area contributed by atoms with Crippen molar-refractivity contribution in [3.05, 3.63) is 0 Å². The average molecular weight is 310 g/mol. The van der Waals surface area contributed by atoms with E-state index in [2.05, 4.69) is 43.6 Å². The third-order valence-corrected chi connectivity index (χ3v) is 5.82. The van der Waals surface area contributed by atoms with E-state index < -0.39 is 0 Å². The number of thiocarbonyl (C=S) groups is 1. The van der Waals surface area contributed by atoms with Gasteiger partial charge in [0.15, 0.2) is 5.11 Å². The van der Waals surface area contributed by atoms with E-state index in [9.17, 15) is 0 Å². The SMILES string of the molecule is CC1(C)CC(NC(=S)N[C@H]2C[C@@H]3CC[C@@H]2C3)CC(C)(C)N1. The Kier molecular flexibility index (Phi) is 3.98. The fraction of sp³-hybridized carbons (Fsp3) is 0.941. The fourth-order valence-electron chi connectivity index (χ4n) is 5.24. The third-order valence-electron chi connectivity index (χ3n) is 5.58. The third kappa shape index (κ3) is 3.70. The van der Waals surface area contributed by atoms with Gasteiger partial charge < -0.3 is 16.0 Å². The molecule has 0 aromatic carbocycles. The Morgan fingerprint density at radius 1 is 1.00 bits per heavy atom. The Labute approximate surface area is 135 Å². The number of hydrogen-bond donors (Lipinski definition) is 3. The van der Waals surface area contributed by atoms with Crippen LogP contribution in [0.4, 0.5) is 0 Å². The van der Waals surface area contributed by atoms with Gasteiger partial charge in [-0.25, -0.2) is 0 Å². The molecule has 0 unspecified atom stereocenters. The maximum Gasteiger partial charge on any atom is 0.166 e. The molecule has 2 bridgehead atoms. The van der Waals surface area contributed by atoms with Gasteiger partial charge in [0, 0.05) is 23.2 Å². The van der Waals surface area contributed by atoms with E-state index in [-0.39, 0.29) is 11.1 Å². The Morgan fingerprint density at radius 2 is 1.67 bits per heavy atom. The maximum atomic E-state index is 5.59. The summed E-state index contributed by atoms with van der Waals surface area (Å²) in [4.78, 5) is 0. The molecule has 3 rings (SSSR count). The first-order chi connectivity index (χ1) is 9.72. The molecule has 0 radical (unpaired) electrons. The van der Waals surface area contributed by atoms with Crippen LogP contribution in [0.3, 0.4) is 0 Å². The molecule has 2 aliphatic carbocycles. The molecule has 3 fully saturated rings. The number of rotatable bonds is 2. The van der Waals surface area contributed by atoms with Crippen molar-refractivity contribution < 1.29 is 0 Å². The molecule has 3 aliphatic rings. The van der Waals surface area contributed by atoms with Crippen LogP contribution in [0.25, 0.3) is 0 Å². The molecule has 1 saturated heterocycles. The quantitative estimate of drug-likeness (QED) is 0.686. The second-order valence-electron chi connectivity index (χ2n) is 8.90. The largest absolute Gasteiger partial charge is 0.360 e. The van der Waals surface area contributed by atoms with Gasteiger partial charge in [0.25, 0.3) is 0 Å². The van der Waals surface area contributed by atoms with Crippen molar-refractivity contribution in [2.45, 2.75) is 89.4 Å². The highest BCUT2D eigenvalue weighted by molar-refractivity contribution is 7.80.